The molecule has 0 amide bonds. The first-order chi connectivity index (χ1) is 23.1. The molecule has 1 spiro atoms. The van der Waals surface area contributed by atoms with Crippen LogP contribution >= 0.6 is 0 Å². The minimum absolute atomic E-state index is 0.0654. The van der Waals surface area contributed by atoms with E-state index in [2.05, 4.69) is 0 Å². The fourth-order valence-corrected chi connectivity index (χ4v) is 7.54. The number of nitrogens with zero attached hydrogens (tertiary/aromatic N) is 2. The molecule has 0 aromatic heterocycles. The van der Waals surface area contributed by atoms with Gasteiger partial charge in [-0.1, -0.05) is 74.9 Å². The summed E-state index contributed by atoms with van der Waals surface area (Å²) >= 11 is 0. The van der Waals surface area contributed by atoms with Gasteiger partial charge in [0.25, 0.3) is 0 Å². The SMILES string of the molecule is COC(=O)C1=C(C(=O)OC)C2(OC(=NC3CCCCC3)C1=NC1CCCCC1)C(=O)C(c1ccc(C)c(C)c1)=C2c1ccc(C)c(C)c1. The fraction of sp³-hybridized carbons (Fsp3) is 0.475. The smallest absolute Gasteiger partial charge is 0.340 e. The molecule has 1 aliphatic heterocycles. The van der Waals surface area contributed by atoms with E-state index < -0.39 is 23.3 Å². The molecule has 2 saturated carbocycles. The van der Waals surface area contributed by atoms with Crippen LogP contribution in [0.25, 0.3) is 11.1 Å². The second kappa shape index (κ2) is 13.7. The van der Waals surface area contributed by atoms with Crippen LogP contribution in [0, 0.1) is 27.7 Å². The molecule has 2 aromatic rings. The van der Waals surface area contributed by atoms with Gasteiger partial charge in [-0.3, -0.25) is 9.79 Å². The number of hydrogen-bond acceptors (Lipinski definition) is 8. The molecule has 1 unspecified atom stereocenters. The Kier molecular flexibility index (Phi) is 9.55. The quantitative estimate of drug-likeness (QED) is 0.303. The first-order valence-corrected chi connectivity index (χ1v) is 17.3. The number of carbonyl (C=O) groups is 3. The van der Waals surface area contributed by atoms with Gasteiger partial charge in [0.05, 0.1) is 26.3 Å². The Morgan fingerprint density at radius 2 is 1.23 bits per heavy atom. The Labute approximate surface area is 283 Å². The number of carbonyl (C=O) groups excluding carboxylic acids is 3. The van der Waals surface area contributed by atoms with Gasteiger partial charge in [-0.15, -0.1) is 0 Å². The van der Waals surface area contributed by atoms with Gasteiger partial charge in [-0.2, -0.15) is 0 Å². The topological polar surface area (TPSA) is 104 Å². The zero-order valence-corrected chi connectivity index (χ0v) is 29.0. The lowest BCUT2D eigenvalue weighted by Crippen LogP contribution is -2.60. The van der Waals surface area contributed by atoms with E-state index in [1.807, 2.05) is 64.1 Å². The van der Waals surface area contributed by atoms with Crippen LogP contribution < -0.4 is 0 Å². The molecule has 6 rings (SSSR count). The first-order valence-electron chi connectivity index (χ1n) is 17.3. The molecular formula is C40H46N2O6. The molecule has 8 nitrogen and oxygen atoms in total. The van der Waals surface area contributed by atoms with E-state index in [9.17, 15) is 9.59 Å². The molecule has 1 heterocycles. The van der Waals surface area contributed by atoms with Crippen molar-refractivity contribution in [3.8, 4) is 0 Å². The summed E-state index contributed by atoms with van der Waals surface area (Å²) in [6.07, 6.45) is 9.74. The lowest BCUT2D eigenvalue weighted by Gasteiger charge is -2.47. The van der Waals surface area contributed by atoms with Crippen molar-refractivity contribution in [1.82, 2.24) is 0 Å². The standard InChI is InChI=1S/C40H46N2O6/c1-23-17-19-27(21-25(23)3)31-33(28-20-18-24(2)26(4)22-28)40(36(31)43)34(39(45)47-6)32(38(44)46-5)35(41-29-13-9-7-10-14-29)37(48-40)42-30-15-11-8-12-16-30/h17-22,29-30H,7-16H2,1-6H3. The van der Waals surface area contributed by atoms with Gasteiger partial charge >= 0.3 is 11.9 Å². The minimum atomic E-state index is -1.99. The summed E-state index contributed by atoms with van der Waals surface area (Å²) in [5.41, 5.74) is 4.42. The summed E-state index contributed by atoms with van der Waals surface area (Å²) < 4.78 is 17.7. The number of esters is 2. The molecule has 2 fully saturated rings. The van der Waals surface area contributed by atoms with Crippen molar-refractivity contribution in [2.45, 2.75) is 110 Å². The molecule has 252 valence electrons. The van der Waals surface area contributed by atoms with Gasteiger partial charge < -0.3 is 14.2 Å². The van der Waals surface area contributed by atoms with Crippen molar-refractivity contribution in [2.75, 3.05) is 14.2 Å². The monoisotopic (exact) mass is 650 g/mol. The van der Waals surface area contributed by atoms with E-state index in [4.69, 9.17) is 24.2 Å². The van der Waals surface area contributed by atoms with E-state index in [1.54, 1.807) is 0 Å². The molecule has 0 radical (unpaired) electrons. The summed E-state index contributed by atoms with van der Waals surface area (Å²) in [5.74, 6) is -1.95. The molecule has 3 aliphatic carbocycles. The van der Waals surface area contributed by atoms with Gasteiger partial charge in [0, 0.05) is 11.1 Å². The molecule has 8 heteroatoms. The highest BCUT2D eigenvalue weighted by Gasteiger charge is 2.66. The first kappa shape index (κ1) is 33.6. The Morgan fingerprint density at radius 3 is 1.77 bits per heavy atom. The number of Topliss-reactive ketones (excluding diaryl/α,β-unsaturated/α-hetero) is 1. The van der Waals surface area contributed by atoms with Crippen LogP contribution in [0.15, 0.2) is 57.5 Å². The largest absolute Gasteiger partial charge is 0.466 e. The highest BCUT2D eigenvalue weighted by molar-refractivity contribution is 6.57. The maximum Gasteiger partial charge on any atom is 0.340 e. The van der Waals surface area contributed by atoms with Crippen molar-refractivity contribution >= 4 is 40.5 Å². The molecule has 2 aromatic carbocycles. The van der Waals surface area contributed by atoms with Crippen LogP contribution in [-0.4, -0.2) is 61.2 Å². The lowest BCUT2D eigenvalue weighted by atomic mass is 9.61. The van der Waals surface area contributed by atoms with Crippen molar-refractivity contribution in [3.63, 3.8) is 0 Å². The number of aryl methyl sites for hydroxylation is 4. The summed E-state index contributed by atoms with van der Waals surface area (Å²) in [7, 11) is 2.51. The second-order valence-electron chi connectivity index (χ2n) is 13.7. The summed E-state index contributed by atoms with van der Waals surface area (Å²) in [5, 5.41) is 0. The highest BCUT2D eigenvalue weighted by Crippen LogP contribution is 2.56. The Morgan fingerprint density at radius 1 is 0.708 bits per heavy atom. The van der Waals surface area contributed by atoms with Crippen LogP contribution in [0.3, 0.4) is 0 Å². The third-order valence-corrected chi connectivity index (χ3v) is 10.6. The van der Waals surface area contributed by atoms with E-state index in [1.165, 1.54) is 14.2 Å². The fourth-order valence-electron chi connectivity index (χ4n) is 7.54. The third-order valence-electron chi connectivity index (χ3n) is 10.6. The molecule has 1 atom stereocenters. The maximum absolute atomic E-state index is 15.0. The van der Waals surface area contributed by atoms with Crippen molar-refractivity contribution in [2.24, 2.45) is 9.98 Å². The Hall–Kier alpha value is -4.33. The zero-order valence-electron chi connectivity index (χ0n) is 29.0. The summed E-state index contributed by atoms with van der Waals surface area (Å²) in [6, 6.07) is 11.7. The summed E-state index contributed by atoms with van der Waals surface area (Å²) in [6.45, 7) is 8.05. The van der Waals surface area contributed by atoms with Gasteiger partial charge in [-0.25, -0.2) is 14.6 Å². The number of aliphatic imine (C=N–C) groups is 2. The zero-order chi connectivity index (χ0) is 34.2. The second-order valence-corrected chi connectivity index (χ2v) is 13.7. The Bertz CT molecular complexity index is 1780. The van der Waals surface area contributed by atoms with Crippen LogP contribution in [-0.2, 0) is 28.6 Å². The molecule has 0 saturated heterocycles. The van der Waals surface area contributed by atoms with Crippen LogP contribution in [0.4, 0.5) is 0 Å². The average Bonchev–Trinajstić information content (AvgIpc) is 3.10. The summed E-state index contributed by atoms with van der Waals surface area (Å²) in [4.78, 5) is 53.3. The van der Waals surface area contributed by atoms with Gasteiger partial charge in [0.2, 0.25) is 17.3 Å². The van der Waals surface area contributed by atoms with E-state index in [-0.39, 0.29) is 34.8 Å². The van der Waals surface area contributed by atoms with Crippen molar-refractivity contribution in [1.29, 1.82) is 0 Å². The maximum atomic E-state index is 15.0. The number of ketones is 1. The number of methoxy groups -OCH3 is 2. The normalized spacial score (nSPS) is 23.8. The Balaban J connectivity index is 1.71. The molecule has 0 N–H and O–H groups in total. The molecule has 48 heavy (non-hydrogen) atoms. The lowest BCUT2D eigenvalue weighted by molar-refractivity contribution is -0.142. The number of benzene rings is 2. The minimum Gasteiger partial charge on any atom is -0.466 e. The van der Waals surface area contributed by atoms with Crippen LogP contribution in [0.1, 0.15) is 97.6 Å². The predicted octanol–water partition coefficient (Wildman–Crippen LogP) is 7.33. The van der Waals surface area contributed by atoms with Crippen molar-refractivity contribution < 1.29 is 28.6 Å². The third kappa shape index (κ3) is 5.84. The van der Waals surface area contributed by atoms with Gasteiger partial charge in [0.1, 0.15) is 16.9 Å². The van der Waals surface area contributed by atoms with Crippen molar-refractivity contribution in [3.05, 3.63) is 80.9 Å². The van der Waals surface area contributed by atoms with Crippen LogP contribution in [0.5, 0.6) is 0 Å². The van der Waals surface area contributed by atoms with E-state index in [0.717, 1.165) is 86.5 Å². The molecule has 4 aliphatic rings. The number of rotatable bonds is 6. The van der Waals surface area contributed by atoms with Gasteiger partial charge in [-0.05, 0) is 86.8 Å². The van der Waals surface area contributed by atoms with Gasteiger partial charge in [0.15, 0.2) is 0 Å². The van der Waals surface area contributed by atoms with E-state index in [0.29, 0.717) is 22.3 Å². The van der Waals surface area contributed by atoms with E-state index >= 15 is 4.79 Å². The number of hydrogen-bond donors (Lipinski definition) is 0. The average molecular weight is 651 g/mol. The molecule has 0 bridgehead atoms. The number of ether oxygens (including phenoxy) is 3. The van der Waals surface area contributed by atoms with Crippen LogP contribution in [0.2, 0.25) is 0 Å². The highest BCUT2D eigenvalue weighted by atomic mass is 16.5. The predicted molar refractivity (Wildman–Crippen MR) is 187 cm³/mol. The molecular weight excluding hydrogens is 604 g/mol.